The zero-order valence-corrected chi connectivity index (χ0v) is 7.59. The van der Waals surface area contributed by atoms with Crippen molar-refractivity contribution in [3.63, 3.8) is 0 Å². The summed E-state index contributed by atoms with van der Waals surface area (Å²) in [7, 11) is 0. The summed E-state index contributed by atoms with van der Waals surface area (Å²) >= 11 is 5.69. The summed E-state index contributed by atoms with van der Waals surface area (Å²) < 4.78 is 0. The molecular weight excluding hydrogens is 170 g/mol. The van der Waals surface area contributed by atoms with Crippen molar-refractivity contribution in [1.29, 1.82) is 0 Å². The van der Waals surface area contributed by atoms with Crippen molar-refractivity contribution in [2.45, 2.75) is 18.9 Å². The van der Waals surface area contributed by atoms with Gasteiger partial charge in [0.25, 0.3) is 0 Å². The van der Waals surface area contributed by atoms with Crippen LogP contribution in [0.4, 0.5) is 0 Å². The number of hydrogen-bond acceptors (Lipinski definition) is 1. The summed E-state index contributed by atoms with van der Waals surface area (Å²) in [6.07, 6.45) is 2.61. The first-order valence-electron chi connectivity index (χ1n) is 4.33. The first kappa shape index (κ1) is 8.09. The molecule has 1 fully saturated rings. The molecule has 64 valence electrons. The molecule has 12 heavy (non-hydrogen) atoms. The van der Waals surface area contributed by atoms with Crippen molar-refractivity contribution in [3.8, 4) is 0 Å². The quantitative estimate of drug-likeness (QED) is 0.708. The van der Waals surface area contributed by atoms with Gasteiger partial charge >= 0.3 is 0 Å². The van der Waals surface area contributed by atoms with Gasteiger partial charge in [0.15, 0.2) is 0 Å². The average Bonchev–Trinajstić information content (AvgIpc) is 2.92. The molecule has 0 heterocycles. The smallest absolute Gasteiger partial charge is 0.0498 e. The van der Waals surface area contributed by atoms with E-state index in [1.54, 1.807) is 0 Å². The van der Waals surface area contributed by atoms with Gasteiger partial charge in [0.05, 0.1) is 0 Å². The Labute approximate surface area is 77.9 Å². The fraction of sp³-hybridized carbons (Fsp3) is 0.400. The van der Waals surface area contributed by atoms with Crippen LogP contribution >= 0.6 is 11.8 Å². The van der Waals surface area contributed by atoms with Gasteiger partial charge in [-0.15, -0.1) is 0 Å². The standard InChI is InChI=1S/C10H12ClN/c11-12-10(9-6-7-9)8-4-2-1-3-5-8/h1-5,9-10,12H,6-7H2. The molecule has 1 aromatic rings. The van der Waals surface area contributed by atoms with Crippen LogP contribution in [0.25, 0.3) is 0 Å². The second-order valence-electron chi connectivity index (χ2n) is 3.33. The minimum atomic E-state index is 0.355. The molecule has 1 aromatic carbocycles. The molecule has 0 spiro atoms. The van der Waals surface area contributed by atoms with E-state index in [-0.39, 0.29) is 0 Å². The van der Waals surface area contributed by atoms with Gasteiger partial charge in [-0.2, -0.15) is 0 Å². The Morgan fingerprint density at radius 1 is 1.25 bits per heavy atom. The van der Waals surface area contributed by atoms with Crippen LogP contribution in [0.1, 0.15) is 24.4 Å². The Balaban J connectivity index is 2.15. The lowest BCUT2D eigenvalue weighted by Crippen LogP contribution is -2.12. The summed E-state index contributed by atoms with van der Waals surface area (Å²) in [4.78, 5) is 2.85. The van der Waals surface area contributed by atoms with Crippen molar-refractivity contribution in [2.75, 3.05) is 0 Å². The van der Waals surface area contributed by atoms with Crippen LogP contribution in [0.15, 0.2) is 30.3 Å². The van der Waals surface area contributed by atoms with Crippen LogP contribution in [0.2, 0.25) is 0 Å². The molecule has 1 N–H and O–H groups in total. The molecule has 1 aliphatic carbocycles. The number of halogens is 1. The maximum Gasteiger partial charge on any atom is 0.0498 e. The van der Waals surface area contributed by atoms with E-state index in [2.05, 4.69) is 29.1 Å². The third kappa shape index (κ3) is 1.62. The summed E-state index contributed by atoms with van der Waals surface area (Å²) in [6.45, 7) is 0. The third-order valence-corrected chi connectivity index (χ3v) is 2.60. The van der Waals surface area contributed by atoms with Crippen molar-refractivity contribution >= 4 is 11.8 Å². The molecule has 1 nitrogen and oxygen atoms in total. The molecule has 2 heteroatoms. The normalized spacial score (nSPS) is 19.1. The summed E-state index contributed by atoms with van der Waals surface area (Å²) in [5, 5.41) is 0. The lowest BCUT2D eigenvalue weighted by molar-refractivity contribution is 0.587. The Bertz CT molecular complexity index is 243. The minimum Gasteiger partial charge on any atom is -0.226 e. The zero-order chi connectivity index (χ0) is 8.39. The molecule has 1 aliphatic rings. The molecule has 0 saturated heterocycles. The van der Waals surface area contributed by atoms with Gasteiger partial charge in [0, 0.05) is 6.04 Å². The van der Waals surface area contributed by atoms with Crippen molar-refractivity contribution in [3.05, 3.63) is 35.9 Å². The fourth-order valence-corrected chi connectivity index (χ4v) is 1.82. The maximum absolute atomic E-state index is 5.69. The predicted octanol–water partition coefficient (Wildman–Crippen LogP) is 2.88. The van der Waals surface area contributed by atoms with E-state index in [0.717, 1.165) is 5.92 Å². The van der Waals surface area contributed by atoms with E-state index in [0.29, 0.717) is 6.04 Å². The van der Waals surface area contributed by atoms with E-state index < -0.39 is 0 Å². The number of nitrogens with one attached hydrogen (secondary N) is 1. The number of hydrogen-bond donors (Lipinski definition) is 1. The third-order valence-electron chi connectivity index (χ3n) is 2.37. The van der Waals surface area contributed by atoms with Crippen LogP contribution in [-0.2, 0) is 0 Å². The van der Waals surface area contributed by atoms with E-state index in [4.69, 9.17) is 11.8 Å². The first-order chi connectivity index (χ1) is 5.92. The predicted molar refractivity (Wildman–Crippen MR) is 50.9 cm³/mol. The molecule has 0 aliphatic heterocycles. The summed E-state index contributed by atoms with van der Waals surface area (Å²) in [5.41, 5.74) is 1.30. The Morgan fingerprint density at radius 3 is 2.42 bits per heavy atom. The first-order valence-corrected chi connectivity index (χ1v) is 4.70. The topological polar surface area (TPSA) is 12.0 Å². The Kier molecular flexibility index (Phi) is 2.33. The fourth-order valence-electron chi connectivity index (χ4n) is 1.51. The SMILES string of the molecule is ClNC(c1ccccc1)C1CC1. The number of rotatable bonds is 3. The van der Waals surface area contributed by atoms with Crippen LogP contribution in [-0.4, -0.2) is 0 Å². The van der Waals surface area contributed by atoms with Gasteiger partial charge in [-0.1, -0.05) is 30.3 Å². The van der Waals surface area contributed by atoms with E-state index in [1.807, 2.05) is 6.07 Å². The van der Waals surface area contributed by atoms with Crippen molar-refractivity contribution < 1.29 is 0 Å². The monoisotopic (exact) mass is 181 g/mol. The Morgan fingerprint density at radius 2 is 1.92 bits per heavy atom. The van der Waals surface area contributed by atoms with E-state index >= 15 is 0 Å². The van der Waals surface area contributed by atoms with E-state index in [9.17, 15) is 0 Å². The molecule has 0 radical (unpaired) electrons. The Hall–Kier alpha value is -0.530. The van der Waals surface area contributed by atoms with E-state index in [1.165, 1.54) is 18.4 Å². The summed E-state index contributed by atoms with van der Waals surface area (Å²) in [6, 6.07) is 10.7. The van der Waals surface area contributed by atoms with Gasteiger partial charge < -0.3 is 0 Å². The van der Waals surface area contributed by atoms with Gasteiger partial charge in [0.2, 0.25) is 0 Å². The van der Waals surface area contributed by atoms with Gasteiger partial charge in [-0.3, -0.25) is 0 Å². The maximum atomic E-state index is 5.69. The summed E-state index contributed by atoms with van der Waals surface area (Å²) in [5.74, 6) is 0.755. The average molecular weight is 182 g/mol. The highest BCUT2D eigenvalue weighted by Crippen LogP contribution is 2.41. The second kappa shape index (κ2) is 3.46. The molecule has 1 atom stereocenters. The number of benzene rings is 1. The highest BCUT2D eigenvalue weighted by molar-refractivity contribution is 6.13. The molecule has 0 bridgehead atoms. The zero-order valence-electron chi connectivity index (χ0n) is 6.83. The molecule has 0 aromatic heterocycles. The van der Waals surface area contributed by atoms with Gasteiger partial charge in [-0.25, -0.2) is 4.84 Å². The molecule has 0 amide bonds. The van der Waals surface area contributed by atoms with Gasteiger partial charge in [0.1, 0.15) is 0 Å². The minimum absolute atomic E-state index is 0.355. The molecule has 1 saturated carbocycles. The van der Waals surface area contributed by atoms with Crippen LogP contribution < -0.4 is 4.84 Å². The molecule has 2 rings (SSSR count). The largest absolute Gasteiger partial charge is 0.226 e. The lowest BCUT2D eigenvalue weighted by atomic mass is 10.0. The van der Waals surface area contributed by atoms with Gasteiger partial charge in [-0.05, 0) is 36.1 Å². The highest BCUT2D eigenvalue weighted by Gasteiger charge is 2.31. The van der Waals surface area contributed by atoms with Crippen LogP contribution in [0, 0.1) is 5.92 Å². The molecular formula is C10H12ClN. The molecule has 1 unspecified atom stereocenters. The second-order valence-corrected chi connectivity index (χ2v) is 3.55. The van der Waals surface area contributed by atoms with Crippen LogP contribution in [0.3, 0.4) is 0 Å². The van der Waals surface area contributed by atoms with Crippen LogP contribution in [0.5, 0.6) is 0 Å². The lowest BCUT2D eigenvalue weighted by Gasteiger charge is -2.13. The highest BCUT2D eigenvalue weighted by atomic mass is 35.5. The van der Waals surface area contributed by atoms with Crippen molar-refractivity contribution in [2.24, 2.45) is 5.92 Å². The van der Waals surface area contributed by atoms with Crippen molar-refractivity contribution in [1.82, 2.24) is 4.84 Å².